The van der Waals surface area contributed by atoms with Gasteiger partial charge in [-0.1, -0.05) is 26.0 Å². The minimum Gasteiger partial charge on any atom is -0.508 e. The van der Waals surface area contributed by atoms with Gasteiger partial charge in [-0.2, -0.15) is 0 Å². The highest BCUT2D eigenvalue weighted by Crippen LogP contribution is 2.17. The molecule has 19 amide bonds. The van der Waals surface area contributed by atoms with Gasteiger partial charge in [-0.05, 0) is 168 Å². The number of nitrogens with one attached hydrogen (secondary N) is 20. The van der Waals surface area contributed by atoms with Gasteiger partial charge in [-0.15, -0.1) is 0 Å². The van der Waals surface area contributed by atoms with E-state index in [2.05, 4.69) is 90.4 Å². The SMILES string of the molecule is CC(C)C[C@H](NC(=O)[C@H](CCCCN)NC(=O)[C@H](CCC(=O)O)NC(=O)[C@H](C)NC(=O)[C@H](CCC(=O)O)NC(=O)[C@H](CCC(N)=O)NC(=O)[C@@H](NC(=O)[C@H](CC(N)=O)NC(=O)[C@H](CCC(N)=O)NC(=O)[C@@H](NC(=O)[C@H](C)NC(=O)[C@H](C)NC(=O)[C@H](CCCNC(=N)N)NC(=O)[C@H](CO)NC(=O)[C@@H](N)CCCNC(=N)N)[C@@H](C)O)[C@@H](C)O)C(=O)N[C@@H](Cc1ccc(O)cc1)C(=O)N[C@@H](CCCCN)C(=O)O. The first-order valence-corrected chi connectivity index (χ1v) is 45.0. The first-order chi connectivity index (χ1) is 65.6. The van der Waals surface area contributed by atoms with Crippen LogP contribution in [0.1, 0.15) is 182 Å². The first kappa shape index (κ1) is 124. The smallest absolute Gasteiger partial charge is 0.326 e. The van der Waals surface area contributed by atoms with E-state index in [4.69, 9.17) is 56.7 Å². The van der Waals surface area contributed by atoms with E-state index in [-0.39, 0.29) is 108 Å². The standard InChI is InChI=1S/C83H140N28O29/c1-38(2)34-54(75(133)107-55(35-44-18-20-45(115)21-19-44)76(134)105-53(81(139)140)16-9-11-31-85)106-71(129)47(15-8-10-30-84)100-73(131)52(25-29-62(121)122)99-66(124)40(4)98-70(128)51(24-28-61(119)120)102-72(130)49(22-26-58(87)116)103-80(138)64(43(7)114)111-77(135)56(36-60(89)118)108-74(132)50(23-27-59(88)117)104-79(137)63(42(6)113)110-67(125)41(5)96-65(123)39(3)97-69(127)48(17-13-33-95-83(92)93)101-78(136)57(37-112)109-68(126)46(86)14-12-32-94-82(90)91/h18-21,38-43,46-57,63-64,112-115H,8-17,22-37,84-86H2,1-7H3,(H2,87,116)(H2,88,117)(H2,89,118)(H,96,123)(H,97,127)(H,98,128)(H,99,124)(H,100,131)(H,101,136)(H,102,130)(H,103,138)(H,104,137)(H,105,134)(H,106,129)(H,107,133)(H,108,132)(H,109,126)(H,110,125)(H,111,135)(H,119,120)(H,121,122)(H,139,140)(H4,90,91,94)(H4,92,93,95)/t39-,40-,41-,42+,43+,46-,47-,48-,49-,50-,51-,52-,53-,54-,55-,56-,57-,63-,64-/m0/s1. The fraction of sp³-hybridized carbons (Fsp3) is 0.639. The van der Waals surface area contributed by atoms with E-state index in [0.29, 0.717) is 18.4 Å². The van der Waals surface area contributed by atoms with Crippen LogP contribution in [-0.4, -0.2) is 326 Å². The van der Waals surface area contributed by atoms with Crippen molar-refractivity contribution in [3.63, 3.8) is 0 Å². The summed E-state index contributed by atoms with van der Waals surface area (Å²) < 4.78 is 0. The number of aliphatic hydroxyl groups excluding tert-OH is 3. The lowest BCUT2D eigenvalue weighted by Crippen LogP contribution is -2.63. The van der Waals surface area contributed by atoms with Crippen molar-refractivity contribution in [1.82, 2.24) is 95.7 Å². The molecule has 57 heteroatoms. The number of carbonyl (C=O) groups excluding carboxylic acids is 19. The molecule has 0 saturated carbocycles. The molecule has 1 aromatic rings. The molecule has 1 aromatic carbocycles. The number of phenolic OH excluding ortho intramolecular Hbond substituents is 1. The van der Waals surface area contributed by atoms with E-state index >= 15 is 0 Å². The number of aliphatic carboxylic acids is 3. The molecule has 140 heavy (non-hydrogen) atoms. The molecule has 0 aliphatic heterocycles. The van der Waals surface area contributed by atoms with E-state index in [1.54, 1.807) is 13.8 Å². The van der Waals surface area contributed by atoms with Gasteiger partial charge in [0.15, 0.2) is 11.9 Å². The molecule has 43 N–H and O–H groups in total. The van der Waals surface area contributed by atoms with Crippen LogP contribution >= 0.6 is 0 Å². The number of phenols is 1. The van der Waals surface area contributed by atoms with Crippen LogP contribution < -0.4 is 142 Å². The molecule has 57 nitrogen and oxygen atoms in total. The van der Waals surface area contributed by atoms with Crippen LogP contribution in [0.2, 0.25) is 0 Å². The second-order valence-corrected chi connectivity index (χ2v) is 33.5. The second kappa shape index (κ2) is 64.7. The van der Waals surface area contributed by atoms with E-state index < -0.39 is 315 Å². The van der Waals surface area contributed by atoms with Crippen molar-refractivity contribution in [3.05, 3.63) is 29.8 Å². The molecule has 19 atom stereocenters. The highest BCUT2D eigenvalue weighted by Gasteiger charge is 2.41. The second-order valence-electron chi connectivity index (χ2n) is 33.5. The summed E-state index contributed by atoms with van der Waals surface area (Å²) >= 11 is 0. The lowest BCUT2D eigenvalue weighted by atomic mass is 9.99. The molecule has 0 unspecified atom stereocenters. The number of aromatic hydroxyl groups is 1. The van der Waals surface area contributed by atoms with Crippen molar-refractivity contribution in [2.45, 2.75) is 298 Å². The highest BCUT2D eigenvalue weighted by molar-refractivity contribution is 6.02. The fourth-order valence-corrected chi connectivity index (χ4v) is 13.1. The summed E-state index contributed by atoms with van der Waals surface area (Å²) in [6.45, 7) is 8.04. The summed E-state index contributed by atoms with van der Waals surface area (Å²) in [5, 5.41) is 128. The predicted molar refractivity (Wildman–Crippen MR) is 494 cm³/mol. The van der Waals surface area contributed by atoms with Crippen LogP contribution in [0.15, 0.2) is 24.3 Å². The van der Waals surface area contributed by atoms with Crippen molar-refractivity contribution in [2.75, 3.05) is 32.8 Å². The van der Waals surface area contributed by atoms with Gasteiger partial charge < -0.3 is 177 Å². The zero-order valence-corrected chi connectivity index (χ0v) is 79.0. The van der Waals surface area contributed by atoms with Crippen molar-refractivity contribution < 1.29 is 141 Å². The van der Waals surface area contributed by atoms with Gasteiger partial charge in [0.2, 0.25) is 112 Å². The maximum Gasteiger partial charge on any atom is 0.326 e. The molecule has 0 radical (unpaired) electrons. The quantitative estimate of drug-likeness (QED) is 0.0164. The topological polar surface area (TPSA) is 990 Å². The largest absolute Gasteiger partial charge is 0.508 e. The van der Waals surface area contributed by atoms with Crippen molar-refractivity contribution in [3.8, 4) is 5.75 Å². The Morgan fingerprint density at radius 2 is 0.629 bits per heavy atom. The van der Waals surface area contributed by atoms with Crippen LogP contribution in [0.25, 0.3) is 0 Å². The number of carbonyl (C=O) groups is 22. The molecular weight excluding hydrogens is 1850 g/mol. The summed E-state index contributed by atoms with van der Waals surface area (Å²) in [7, 11) is 0. The number of amides is 19. The van der Waals surface area contributed by atoms with Crippen molar-refractivity contribution in [2.24, 2.45) is 51.8 Å². The number of carboxylic acid groups (broad SMARTS) is 3. The Kier molecular flexibility index (Phi) is 57.1. The highest BCUT2D eigenvalue weighted by atomic mass is 16.4. The van der Waals surface area contributed by atoms with Crippen molar-refractivity contribution in [1.29, 1.82) is 10.8 Å². The molecule has 0 bridgehead atoms. The van der Waals surface area contributed by atoms with Gasteiger partial charge in [0.1, 0.15) is 102 Å². The van der Waals surface area contributed by atoms with Gasteiger partial charge in [-0.3, -0.25) is 112 Å². The molecular formula is C83H140N28O29. The van der Waals surface area contributed by atoms with E-state index in [1.165, 1.54) is 24.3 Å². The summed E-state index contributed by atoms with van der Waals surface area (Å²) in [4.78, 5) is 297. The Labute approximate surface area is 805 Å². The number of primary amides is 3. The summed E-state index contributed by atoms with van der Waals surface area (Å²) in [5.74, 6) is -28.5. The Hall–Kier alpha value is -14.3. The van der Waals surface area contributed by atoms with Gasteiger partial charge in [-0.25, -0.2) is 4.79 Å². The van der Waals surface area contributed by atoms with E-state index in [9.17, 15) is 141 Å². The first-order valence-electron chi connectivity index (χ1n) is 45.0. The van der Waals surface area contributed by atoms with Crippen molar-refractivity contribution >= 4 is 142 Å². The van der Waals surface area contributed by atoms with Crippen LogP contribution in [0.3, 0.4) is 0 Å². The zero-order valence-electron chi connectivity index (χ0n) is 79.0. The summed E-state index contributed by atoms with van der Waals surface area (Å²) in [6.07, 6.45) is -10.6. The summed E-state index contributed by atoms with van der Waals surface area (Å²) in [6, 6.07) is -24.2. The number of aliphatic hydroxyl groups is 3. The number of carboxylic acids is 3. The molecule has 0 aliphatic carbocycles. The maximum atomic E-state index is 14.5. The van der Waals surface area contributed by atoms with Gasteiger partial charge in [0.05, 0.1) is 31.3 Å². The van der Waals surface area contributed by atoms with E-state index in [1.807, 2.05) is 5.32 Å². The average Bonchev–Trinajstić information content (AvgIpc) is 0.844. The number of hydrogen-bond donors (Lipinski definition) is 35. The Morgan fingerprint density at radius 1 is 0.329 bits per heavy atom. The van der Waals surface area contributed by atoms with Crippen LogP contribution in [-0.2, 0) is 112 Å². The van der Waals surface area contributed by atoms with Crippen LogP contribution in [0.4, 0.5) is 0 Å². The predicted octanol–water partition coefficient (Wildman–Crippen LogP) is -13.1. The molecule has 0 aromatic heterocycles. The number of guanidine groups is 2. The lowest BCUT2D eigenvalue weighted by molar-refractivity contribution is -0.142. The van der Waals surface area contributed by atoms with E-state index in [0.717, 1.165) is 34.6 Å². The average molecular weight is 1990 g/mol. The Balaban J connectivity index is 3.60. The number of hydrogen-bond acceptors (Lipinski definition) is 31. The molecule has 1 rings (SSSR count). The molecule has 0 aliphatic rings. The molecule has 0 saturated heterocycles. The number of benzene rings is 1. The monoisotopic (exact) mass is 1990 g/mol. The van der Waals surface area contributed by atoms with Gasteiger partial charge >= 0.3 is 17.9 Å². The normalized spacial score (nSPS) is 15.1. The molecule has 0 fully saturated rings. The minimum absolute atomic E-state index is 0.00389. The third-order valence-electron chi connectivity index (χ3n) is 20.9. The van der Waals surface area contributed by atoms with Crippen LogP contribution in [0.5, 0.6) is 5.75 Å². The molecule has 0 heterocycles. The minimum atomic E-state index is -2.25. The van der Waals surface area contributed by atoms with Crippen LogP contribution in [0, 0.1) is 16.7 Å². The fourth-order valence-electron chi connectivity index (χ4n) is 13.1. The number of nitrogens with two attached hydrogens (primary N) is 8. The maximum absolute atomic E-state index is 14.5. The molecule has 786 valence electrons. The zero-order chi connectivity index (χ0) is 106. The van der Waals surface area contributed by atoms with Gasteiger partial charge in [0.25, 0.3) is 0 Å². The number of rotatable bonds is 70. The summed E-state index contributed by atoms with van der Waals surface area (Å²) in [5.41, 5.74) is 44.5. The lowest BCUT2D eigenvalue weighted by Gasteiger charge is -2.29. The third-order valence-corrected chi connectivity index (χ3v) is 20.9. The third kappa shape index (κ3) is 49.6. The Morgan fingerprint density at radius 3 is 1.01 bits per heavy atom. The number of unbranched alkanes of at least 4 members (excludes halogenated alkanes) is 2. The molecule has 0 spiro atoms. The Bertz CT molecular complexity index is 4410. The van der Waals surface area contributed by atoms with Gasteiger partial charge in [0, 0.05) is 45.2 Å².